The van der Waals surface area contributed by atoms with Crippen molar-refractivity contribution in [1.82, 2.24) is 14.5 Å². The minimum atomic E-state index is -4.05. The summed E-state index contributed by atoms with van der Waals surface area (Å²) >= 11 is 0. The molecule has 2 atom stereocenters. The number of nitrogens with one attached hydrogen (secondary N) is 1. The molecular formula is C25H30FN3O5S. The predicted molar refractivity (Wildman–Crippen MR) is 127 cm³/mol. The molecule has 1 spiro atoms. The number of rotatable bonds is 2. The summed E-state index contributed by atoms with van der Waals surface area (Å²) in [6, 6.07) is 12.2. The van der Waals surface area contributed by atoms with E-state index in [1.165, 1.54) is 12.1 Å². The first-order chi connectivity index (χ1) is 16.8. The lowest BCUT2D eigenvalue weighted by Gasteiger charge is -2.43. The summed E-state index contributed by atoms with van der Waals surface area (Å²) in [5.74, 6) is -0.384. The molecule has 2 fully saturated rings. The third kappa shape index (κ3) is 4.80. The first-order valence-electron chi connectivity index (χ1n) is 12.0. The SMILES string of the molecule is O=C1NC2(CCOc3ccccc3S(=O)(=O)N3C[C@H](O)C[C@@H]13)CCN(Cc1ccccc1F)CC2. The molecule has 0 aliphatic carbocycles. The maximum absolute atomic E-state index is 14.1. The number of hydrogen-bond acceptors (Lipinski definition) is 6. The van der Waals surface area contributed by atoms with Crippen molar-refractivity contribution in [2.45, 2.75) is 54.8 Å². The quantitative estimate of drug-likeness (QED) is 0.650. The van der Waals surface area contributed by atoms with Gasteiger partial charge in [-0.05, 0) is 31.0 Å². The average Bonchev–Trinajstić information content (AvgIpc) is 3.24. The van der Waals surface area contributed by atoms with E-state index in [4.69, 9.17) is 4.74 Å². The molecule has 35 heavy (non-hydrogen) atoms. The Morgan fingerprint density at radius 3 is 2.57 bits per heavy atom. The minimum absolute atomic E-state index is 0.00237. The fourth-order valence-corrected chi connectivity index (χ4v) is 7.11. The number of carbonyl (C=O) groups excluding carboxylic acids is 1. The summed E-state index contributed by atoms with van der Waals surface area (Å²) in [4.78, 5) is 15.6. The second kappa shape index (κ2) is 9.50. The van der Waals surface area contributed by atoms with E-state index < -0.39 is 33.6 Å². The van der Waals surface area contributed by atoms with Gasteiger partial charge in [0.1, 0.15) is 22.5 Å². The Balaban J connectivity index is 1.39. The van der Waals surface area contributed by atoms with Gasteiger partial charge in [0.05, 0.1) is 12.7 Å². The number of nitrogens with zero attached hydrogens (tertiary/aromatic N) is 2. The molecule has 0 bridgehead atoms. The lowest BCUT2D eigenvalue weighted by atomic mass is 9.84. The van der Waals surface area contributed by atoms with Crippen LogP contribution in [0.3, 0.4) is 0 Å². The number of fused-ring (bicyclic) bond motifs is 2. The highest BCUT2D eigenvalue weighted by molar-refractivity contribution is 7.89. The van der Waals surface area contributed by atoms with Crippen LogP contribution in [0.4, 0.5) is 4.39 Å². The van der Waals surface area contributed by atoms with Crippen LogP contribution in [-0.2, 0) is 21.4 Å². The molecule has 3 heterocycles. The standard InChI is InChI=1S/C25H30FN3O5S/c26-20-6-2-1-5-18(20)16-28-12-9-25(10-13-28)11-14-34-22-7-3-4-8-23(22)35(32,33)29-17-19(30)15-21(29)24(31)27-25/h1-8,19,21,30H,9-17H2,(H,27,31)/t19-,21+/m1/s1. The predicted octanol–water partition coefficient (Wildman–Crippen LogP) is 1.88. The molecule has 2 aromatic carbocycles. The lowest BCUT2D eigenvalue weighted by molar-refractivity contribution is -0.127. The van der Waals surface area contributed by atoms with Crippen molar-refractivity contribution in [1.29, 1.82) is 0 Å². The summed E-state index contributed by atoms with van der Waals surface area (Å²) in [6.45, 7) is 1.90. The highest BCUT2D eigenvalue weighted by Gasteiger charge is 2.47. The topological polar surface area (TPSA) is 99.2 Å². The van der Waals surface area contributed by atoms with Gasteiger partial charge in [-0.3, -0.25) is 9.69 Å². The van der Waals surface area contributed by atoms with Gasteiger partial charge in [0.2, 0.25) is 15.9 Å². The van der Waals surface area contributed by atoms with Crippen LogP contribution in [0, 0.1) is 5.82 Å². The zero-order valence-corrected chi connectivity index (χ0v) is 20.2. The minimum Gasteiger partial charge on any atom is -0.492 e. The van der Waals surface area contributed by atoms with Crippen LogP contribution in [-0.4, -0.2) is 72.6 Å². The molecule has 2 N–H and O–H groups in total. The molecule has 3 aliphatic heterocycles. The molecule has 0 aromatic heterocycles. The van der Waals surface area contributed by atoms with Gasteiger partial charge in [0.15, 0.2) is 0 Å². The van der Waals surface area contributed by atoms with E-state index in [9.17, 15) is 22.7 Å². The second-order valence-corrected chi connectivity index (χ2v) is 11.5. The zero-order chi connectivity index (χ0) is 24.6. The molecule has 188 valence electrons. The number of ether oxygens (including phenoxy) is 1. The maximum Gasteiger partial charge on any atom is 0.247 e. The van der Waals surface area contributed by atoms with Gasteiger partial charge in [0, 0.05) is 50.1 Å². The third-order valence-corrected chi connectivity index (χ3v) is 9.28. The Morgan fingerprint density at radius 2 is 1.80 bits per heavy atom. The summed E-state index contributed by atoms with van der Waals surface area (Å²) in [5.41, 5.74) is 0.0566. The summed E-state index contributed by atoms with van der Waals surface area (Å²) in [7, 11) is -4.05. The van der Waals surface area contributed by atoms with E-state index >= 15 is 0 Å². The summed E-state index contributed by atoms with van der Waals surface area (Å²) in [5, 5.41) is 13.4. The van der Waals surface area contributed by atoms with Gasteiger partial charge in [-0.25, -0.2) is 12.8 Å². The van der Waals surface area contributed by atoms with Gasteiger partial charge in [-0.1, -0.05) is 30.3 Å². The number of likely N-dealkylation sites (tertiary alicyclic amines) is 1. The molecule has 0 saturated carbocycles. The van der Waals surface area contributed by atoms with Crippen LogP contribution in [0.5, 0.6) is 5.75 Å². The number of piperidine rings is 1. The zero-order valence-electron chi connectivity index (χ0n) is 19.4. The molecule has 10 heteroatoms. The van der Waals surface area contributed by atoms with Crippen molar-refractivity contribution in [2.75, 3.05) is 26.2 Å². The molecule has 0 radical (unpaired) electrons. The normalized spacial score (nSPS) is 26.7. The molecule has 8 nitrogen and oxygen atoms in total. The molecule has 3 aliphatic rings. The van der Waals surface area contributed by atoms with Gasteiger partial charge in [-0.2, -0.15) is 4.31 Å². The van der Waals surface area contributed by atoms with Gasteiger partial charge >= 0.3 is 0 Å². The van der Waals surface area contributed by atoms with Gasteiger partial charge in [0.25, 0.3) is 0 Å². The second-order valence-electron chi connectivity index (χ2n) is 9.66. The molecule has 1 amide bonds. The van der Waals surface area contributed by atoms with Crippen molar-refractivity contribution < 1.29 is 27.4 Å². The van der Waals surface area contributed by atoms with Crippen LogP contribution in [0.25, 0.3) is 0 Å². The van der Waals surface area contributed by atoms with Crippen LogP contribution >= 0.6 is 0 Å². The number of aliphatic hydroxyl groups is 1. The van der Waals surface area contributed by atoms with Crippen LogP contribution in [0.1, 0.15) is 31.2 Å². The van der Waals surface area contributed by atoms with Crippen LogP contribution in [0.2, 0.25) is 0 Å². The lowest BCUT2D eigenvalue weighted by Crippen LogP contribution is -2.59. The summed E-state index contributed by atoms with van der Waals surface area (Å²) in [6.07, 6.45) is 0.884. The number of hydrogen-bond donors (Lipinski definition) is 2. The van der Waals surface area contributed by atoms with E-state index in [1.807, 2.05) is 6.07 Å². The Bertz CT molecular complexity index is 1200. The fourth-order valence-electron chi connectivity index (χ4n) is 5.34. The Kier molecular flexibility index (Phi) is 6.56. The monoisotopic (exact) mass is 503 g/mol. The van der Waals surface area contributed by atoms with Crippen molar-refractivity contribution in [2.24, 2.45) is 0 Å². The smallest absolute Gasteiger partial charge is 0.247 e. The molecule has 0 unspecified atom stereocenters. The number of halogens is 1. The van der Waals surface area contributed by atoms with E-state index in [0.717, 1.165) is 4.31 Å². The van der Waals surface area contributed by atoms with Crippen molar-refractivity contribution >= 4 is 15.9 Å². The number of aliphatic hydroxyl groups excluding tert-OH is 1. The number of benzene rings is 2. The van der Waals surface area contributed by atoms with E-state index in [1.54, 1.807) is 30.3 Å². The van der Waals surface area contributed by atoms with E-state index in [-0.39, 0.29) is 36.0 Å². The highest BCUT2D eigenvalue weighted by Crippen LogP contribution is 2.35. The number of sulfonamides is 1. The van der Waals surface area contributed by atoms with Crippen LogP contribution in [0.15, 0.2) is 53.4 Å². The third-order valence-electron chi connectivity index (χ3n) is 7.36. The average molecular weight is 504 g/mol. The first kappa shape index (κ1) is 24.2. The Morgan fingerprint density at radius 1 is 1.09 bits per heavy atom. The molecule has 5 rings (SSSR count). The molecule has 2 aromatic rings. The van der Waals surface area contributed by atoms with Crippen molar-refractivity contribution in [3.05, 3.63) is 59.9 Å². The van der Waals surface area contributed by atoms with Crippen molar-refractivity contribution in [3.63, 3.8) is 0 Å². The van der Waals surface area contributed by atoms with Gasteiger partial charge in [-0.15, -0.1) is 0 Å². The Labute approximate surface area is 204 Å². The maximum atomic E-state index is 14.1. The molecular weight excluding hydrogens is 473 g/mol. The van der Waals surface area contributed by atoms with E-state index in [0.29, 0.717) is 44.5 Å². The highest BCUT2D eigenvalue weighted by atomic mass is 32.2. The number of carbonyl (C=O) groups is 1. The largest absolute Gasteiger partial charge is 0.492 e. The van der Waals surface area contributed by atoms with Gasteiger partial charge < -0.3 is 15.2 Å². The fraction of sp³-hybridized carbons (Fsp3) is 0.480. The number of amides is 1. The van der Waals surface area contributed by atoms with Crippen LogP contribution < -0.4 is 10.1 Å². The molecule has 2 saturated heterocycles. The Hall–Kier alpha value is -2.53. The van der Waals surface area contributed by atoms with Crippen molar-refractivity contribution in [3.8, 4) is 5.75 Å². The summed E-state index contributed by atoms with van der Waals surface area (Å²) < 4.78 is 48.1. The number of para-hydroxylation sites is 1. The first-order valence-corrected chi connectivity index (χ1v) is 13.4. The van der Waals surface area contributed by atoms with E-state index in [2.05, 4.69) is 10.2 Å².